The summed E-state index contributed by atoms with van der Waals surface area (Å²) in [4.78, 5) is 11.3. The minimum atomic E-state index is -0.751. The Morgan fingerprint density at radius 1 is 0.806 bits per heavy atom. The van der Waals surface area contributed by atoms with Crippen molar-refractivity contribution in [1.29, 1.82) is 0 Å². The summed E-state index contributed by atoms with van der Waals surface area (Å²) in [7, 11) is 0. The second-order valence-electron chi connectivity index (χ2n) is 9.36. The van der Waals surface area contributed by atoms with Crippen molar-refractivity contribution in [2.24, 2.45) is 0 Å². The summed E-state index contributed by atoms with van der Waals surface area (Å²) in [5.41, 5.74) is 0. The fraction of sp³-hybridized carbons (Fsp3) is 0.885. The van der Waals surface area contributed by atoms with Gasteiger partial charge in [0.05, 0.1) is 24.7 Å². The third-order valence-corrected chi connectivity index (χ3v) is 6.15. The molecule has 1 aliphatic heterocycles. The van der Waals surface area contributed by atoms with E-state index >= 15 is 0 Å². The van der Waals surface area contributed by atoms with Crippen molar-refractivity contribution < 1.29 is 24.9 Å². The predicted octanol–water partition coefficient (Wildman–Crippen LogP) is 5.59. The Hall–Kier alpha value is -0.910. The Morgan fingerprint density at radius 2 is 1.32 bits per heavy atom. The molecule has 0 saturated heterocycles. The molecule has 0 fully saturated rings. The van der Waals surface area contributed by atoms with Crippen molar-refractivity contribution in [1.82, 2.24) is 0 Å². The van der Waals surface area contributed by atoms with Gasteiger partial charge in [0.25, 0.3) is 0 Å². The second kappa shape index (κ2) is 18.6. The molecule has 0 amide bonds. The lowest BCUT2D eigenvalue weighted by atomic mass is 9.98. The van der Waals surface area contributed by atoms with Crippen LogP contribution in [0.3, 0.4) is 0 Å². The topological polar surface area (TPSA) is 87.0 Å². The van der Waals surface area contributed by atoms with Gasteiger partial charge < -0.3 is 20.1 Å². The monoisotopic (exact) mass is 440 g/mol. The Kier molecular flexibility index (Phi) is 16.9. The van der Waals surface area contributed by atoms with E-state index in [1.807, 2.05) is 0 Å². The van der Waals surface area contributed by atoms with Crippen molar-refractivity contribution in [3.63, 3.8) is 0 Å². The van der Waals surface area contributed by atoms with E-state index in [-0.39, 0.29) is 31.7 Å². The largest absolute Gasteiger partial charge is 0.458 e. The van der Waals surface area contributed by atoms with Crippen LogP contribution in [0.4, 0.5) is 0 Å². The number of carbonyl (C=O) groups excluding carboxylic acids is 1. The van der Waals surface area contributed by atoms with Gasteiger partial charge >= 0.3 is 5.97 Å². The SMILES string of the molecule is CCCCCCCCCCCCCCC[C@H](O)C[C@H](O)C[C@@H](O)C[C@@H]1C=CCC(=O)O1. The van der Waals surface area contributed by atoms with E-state index < -0.39 is 24.4 Å². The lowest BCUT2D eigenvalue weighted by Gasteiger charge is -2.23. The molecule has 5 heteroatoms. The number of rotatable bonds is 20. The van der Waals surface area contributed by atoms with Crippen molar-refractivity contribution >= 4 is 5.97 Å². The molecule has 0 aromatic rings. The van der Waals surface area contributed by atoms with Crippen molar-refractivity contribution in [3.8, 4) is 0 Å². The third-order valence-electron chi connectivity index (χ3n) is 6.15. The molecule has 1 aliphatic rings. The molecule has 1 rings (SSSR count). The predicted molar refractivity (Wildman–Crippen MR) is 126 cm³/mol. The van der Waals surface area contributed by atoms with Crippen LogP contribution in [-0.2, 0) is 9.53 Å². The van der Waals surface area contributed by atoms with E-state index in [0.717, 1.165) is 12.8 Å². The maximum Gasteiger partial charge on any atom is 0.310 e. The van der Waals surface area contributed by atoms with Crippen LogP contribution in [0.2, 0.25) is 0 Å². The van der Waals surface area contributed by atoms with Crippen LogP contribution in [0.15, 0.2) is 12.2 Å². The van der Waals surface area contributed by atoms with E-state index in [2.05, 4.69) is 6.92 Å². The molecule has 0 saturated carbocycles. The lowest BCUT2D eigenvalue weighted by molar-refractivity contribution is -0.148. The average molecular weight is 441 g/mol. The van der Waals surface area contributed by atoms with Gasteiger partial charge in [0.2, 0.25) is 0 Å². The fourth-order valence-corrected chi connectivity index (χ4v) is 4.30. The Bertz CT molecular complexity index is 465. The molecule has 0 aromatic carbocycles. The smallest absolute Gasteiger partial charge is 0.310 e. The number of cyclic esters (lactones) is 1. The molecule has 0 aliphatic carbocycles. The number of hydrogen-bond donors (Lipinski definition) is 3. The molecule has 4 atom stereocenters. The summed E-state index contributed by atoms with van der Waals surface area (Å²) in [5, 5.41) is 30.4. The van der Waals surface area contributed by atoms with Gasteiger partial charge in [0, 0.05) is 6.42 Å². The van der Waals surface area contributed by atoms with Crippen LogP contribution in [0.1, 0.15) is 122 Å². The minimum Gasteiger partial charge on any atom is -0.458 e. The number of ether oxygens (including phenoxy) is 1. The number of esters is 1. The van der Waals surface area contributed by atoms with Gasteiger partial charge in [0.1, 0.15) is 6.10 Å². The molecule has 5 nitrogen and oxygen atoms in total. The molecule has 0 unspecified atom stereocenters. The highest BCUT2D eigenvalue weighted by Gasteiger charge is 2.22. The van der Waals surface area contributed by atoms with Gasteiger partial charge in [-0.2, -0.15) is 0 Å². The minimum absolute atomic E-state index is 0.192. The summed E-state index contributed by atoms with van der Waals surface area (Å²) < 4.78 is 5.13. The van der Waals surface area contributed by atoms with Gasteiger partial charge in [-0.25, -0.2) is 0 Å². The average Bonchev–Trinajstić information content (AvgIpc) is 2.71. The molecule has 1 heterocycles. The quantitative estimate of drug-likeness (QED) is 0.130. The van der Waals surface area contributed by atoms with E-state index in [1.165, 1.54) is 70.6 Å². The number of aliphatic hydroxyl groups excluding tert-OH is 3. The standard InChI is InChI=1S/C26H48O5/c1-2-3-4-5-6-7-8-9-10-11-12-13-14-16-22(27)19-23(28)20-24(29)21-25-17-15-18-26(30)31-25/h15,17,22-25,27-29H,2-14,16,18-21H2,1H3/t22-,23-,24+,25-/m0/s1. The van der Waals surface area contributed by atoms with Crippen molar-refractivity contribution in [2.45, 2.75) is 147 Å². The van der Waals surface area contributed by atoms with Crippen molar-refractivity contribution in [3.05, 3.63) is 12.2 Å². The summed E-state index contributed by atoms with van der Waals surface area (Å²) >= 11 is 0. The van der Waals surface area contributed by atoms with Gasteiger partial charge in [-0.1, -0.05) is 96.5 Å². The normalized spacial score (nSPS) is 19.2. The Labute approximate surface area is 190 Å². The first kappa shape index (κ1) is 28.1. The third kappa shape index (κ3) is 16.4. The first-order valence-corrected chi connectivity index (χ1v) is 12.9. The highest BCUT2D eigenvalue weighted by Crippen LogP contribution is 2.18. The fourth-order valence-electron chi connectivity index (χ4n) is 4.30. The van der Waals surface area contributed by atoms with Gasteiger partial charge in [-0.15, -0.1) is 0 Å². The van der Waals surface area contributed by atoms with Crippen LogP contribution in [0.25, 0.3) is 0 Å². The van der Waals surface area contributed by atoms with Crippen LogP contribution in [0.5, 0.6) is 0 Å². The van der Waals surface area contributed by atoms with Crippen LogP contribution < -0.4 is 0 Å². The molecular formula is C26H48O5. The molecule has 0 radical (unpaired) electrons. The van der Waals surface area contributed by atoms with Crippen LogP contribution in [0, 0.1) is 0 Å². The molecule has 0 spiro atoms. The highest BCUT2D eigenvalue weighted by molar-refractivity contribution is 5.72. The zero-order valence-corrected chi connectivity index (χ0v) is 19.9. The summed E-state index contributed by atoms with van der Waals surface area (Å²) in [6.45, 7) is 2.26. The summed E-state index contributed by atoms with van der Waals surface area (Å²) in [5.74, 6) is -0.284. The van der Waals surface area contributed by atoms with Gasteiger partial charge in [-0.05, 0) is 25.3 Å². The highest BCUT2D eigenvalue weighted by atomic mass is 16.5. The number of unbranched alkanes of at least 4 members (excludes halogenated alkanes) is 12. The summed E-state index contributed by atoms with van der Waals surface area (Å²) in [6, 6.07) is 0. The molecule has 31 heavy (non-hydrogen) atoms. The molecule has 0 aromatic heterocycles. The zero-order valence-electron chi connectivity index (χ0n) is 19.9. The molecule has 182 valence electrons. The first-order valence-electron chi connectivity index (χ1n) is 12.9. The summed E-state index contributed by atoms with van der Waals surface area (Å²) in [6.07, 6.45) is 19.8. The van der Waals surface area contributed by atoms with Crippen LogP contribution in [-0.4, -0.2) is 45.7 Å². The van der Waals surface area contributed by atoms with Crippen LogP contribution >= 0.6 is 0 Å². The second-order valence-corrected chi connectivity index (χ2v) is 9.36. The van der Waals surface area contributed by atoms with Gasteiger partial charge in [-0.3, -0.25) is 4.79 Å². The maximum absolute atomic E-state index is 11.3. The number of aliphatic hydroxyl groups is 3. The first-order chi connectivity index (χ1) is 15.0. The van der Waals surface area contributed by atoms with E-state index in [1.54, 1.807) is 12.2 Å². The van der Waals surface area contributed by atoms with E-state index in [4.69, 9.17) is 4.74 Å². The maximum atomic E-state index is 11.3. The Balaban J connectivity index is 1.92. The molecule has 0 bridgehead atoms. The lowest BCUT2D eigenvalue weighted by Crippen LogP contribution is -2.28. The number of carbonyl (C=O) groups is 1. The van der Waals surface area contributed by atoms with E-state index in [9.17, 15) is 20.1 Å². The molecular weight excluding hydrogens is 392 g/mol. The zero-order chi connectivity index (χ0) is 22.7. The molecule has 3 N–H and O–H groups in total. The van der Waals surface area contributed by atoms with E-state index in [0.29, 0.717) is 6.42 Å². The Morgan fingerprint density at radius 3 is 1.87 bits per heavy atom. The van der Waals surface area contributed by atoms with Crippen molar-refractivity contribution in [2.75, 3.05) is 0 Å². The number of hydrogen-bond acceptors (Lipinski definition) is 5. The van der Waals surface area contributed by atoms with Gasteiger partial charge in [0.15, 0.2) is 0 Å².